The minimum atomic E-state index is -0.938. The van der Waals surface area contributed by atoms with Gasteiger partial charge in [-0.25, -0.2) is 4.98 Å². The van der Waals surface area contributed by atoms with Gasteiger partial charge in [0, 0.05) is 40.8 Å². The number of aryl methyl sites for hydroxylation is 1. The quantitative estimate of drug-likeness (QED) is 0.160. The van der Waals surface area contributed by atoms with Crippen LogP contribution >= 0.6 is 11.3 Å². The summed E-state index contributed by atoms with van der Waals surface area (Å²) in [6.07, 6.45) is 1.98. The first-order valence-electron chi connectivity index (χ1n) is 13.4. The van der Waals surface area contributed by atoms with E-state index in [1.54, 1.807) is 23.5 Å². The van der Waals surface area contributed by atoms with Gasteiger partial charge in [-0.2, -0.15) is 0 Å². The van der Waals surface area contributed by atoms with E-state index in [1.165, 1.54) is 16.3 Å². The van der Waals surface area contributed by atoms with E-state index in [0.29, 0.717) is 12.1 Å². The summed E-state index contributed by atoms with van der Waals surface area (Å²) in [5, 5.41) is 20.4. The predicted molar refractivity (Wildman–Crippen MR) is 163 cm³/mol. The number of amides is 1. The first-order chi connectivity index (χ1) is 19.5. The molecular weight excluding hydrogens is 518 g/mol. The third-order valence-corrected chi connectivity index (χ3v) is 7.60. The van der Waals surface area contributed by atoms with E-state index >= 15 is 0 Å². The number of carbonyl (C=O) groups excluding carboxylic acids is 1. The average molecular weight is 550 g/mol. The molecule has 202 valence electrons. The summed E-state index contributed by atoms with van der Waals surface area (Å²) < 4.78 is 0. The average Bonchev–Trinajstić information content (AvgIpc) is 3.47. The van der Waals surface area contributed by atoms with Gasteiger partial charge in [-0.05, 0) is 58.7 Å². The van der Waals surface area contributed by atoms with Crippen molar-refractivity contribution in [3.8, 4) is 21.8 Å². The molecule has 40 heavy (non-hydrogen) atoms. The highest BCUT2D eigenvalue weighted by molar-refractivity contribution is 7.13. The molecule has 3 N–H and O–H groups in total. The molecule has 0 saturated heterocycles. The van der Waals surface area contributed by atoms with Gasteiger partial charge in [0.2, 0.25) is 0 Å². The topological polar surface area (TPSA) is 91.3 Å². The number of rotatable bonds is 11. The van der Waals surface area contributed by atoms with Gasteiger partial charge in [0.05, 0.1) is 12.1 Å². The van der Waals surface area contributed by atoms with Crippen molar-refractivity contribution < 1.29 is 14.7 Å². The molecule has 1 amide bonds. The Morgan fingerprint density at radius 3 is 2.45 bits per heavy atom. The molecular formula is C33H31N3O3S. The number of aromatic nitrogens is 1. The summed E-state index contributed by atoms with van der Waals surface area (Å²) in [4.78, 5) is 27.9. The van der Waals surface area contributed by atoms with Gasteiger partial charge < -0.3 is 15.7 Å². The molecule has 6 nitrogen and oxygen atoms in total. The minimum absolute atomic E-state index is 0.101. The second-order valence-corrected chi connectivity index (χ2v) is 10.5. The molecule has 0 atom stereocenters. The molecule has 0 radical (unpaired) electrons. The molecule has 1 heterocycles. The molecule has 0 aliphatic rings. The zero-order valence-corrected chi connectivity index (χ0v) is 23.1. The monoisotopic (exact) mass is 549 g/mol. The van der Waals surface area contributed by atoms with E-state index in [9.17, 15) is 9.59 Å². The number of thiazole rings is 1. The van der Waals surface area contributed by atoms with Gasteiger partial charge in [0.15, 0.2) is 0 Å². The van der Waals surface area contributed by atoms with Crippen LogP contribution in [0.2, 0.25) is 0 Å². The highest BCUT2D eigenvalue weighted by atomic mass is 32.1. The summed E-state index contributed by atoms with van der Waals surface area (Å²) in [6.45, 7) is 2.88. The highest BCUT2D eigenvalue weighted by Gasteiger charge is 2.13. The lowest BCUT2D eigenvalue weighted by atomic mass is 10.0. The number of carboxylic acid groups (broad SMARTS) is 1. The molecule has 0 bridgehead atoms. The van der Waals surface area contributed by atoms with Crippen LogP contribution in [0.4, 0.5) is 5.69 Å². The molecule has 4 aromatic carbocycles. The number of anilines is 1. The number of hydrogen-bond acceptors (Lipinski definition) is 5. The Morgan fingerprint density at radius 2 is 1.68 bits per heavy atom. The van der Waals surface area contributed by atoms with Crippen molar-refractivity contribution in [2.24, 2.45) is 0 Å². The zero-order chi connectivity index (χ0) is 27.9. The van der Waals surface area contributed by atoms with E-state index in [-0.39, 0.29) is 18.9 Å². The van der Waals surface area contributed by atoms with Gasteiger partial charge >= 0.3 is 5.97 Å². The molecule has 0 saturated carbocycles. The van der Waals surface area contributed by atoms with Crippen molar-refractivity contribution in [1.82, 2.24) is 10.3 Å². The van der Waals surface area contributed by atoms with Crippen LogP contribution in [0, 0.1) is 0 Å². The number of aliphatic carboxylic acids is 1. The van der Waals surface area contributed by atoms with Crippen LogP contribution in [0.3, 0.4) is 0 Å². The number of benzene rings is 4. The Bertz CT molecular complexity index is 1640. The van der Waals surface area contributed by atoms with Gasteiger partial charge in [-0.3, -0.25) is 9.59 Å². The van der Waals surface area contributed by atoms with E-state index in [0.717, 1.165) is 45.9 Å². The molecule has 5 rings (SSSR count). The van der Waals surface area contributed by atoms with Crippen LogP contribution in [0.1, 0.15) is 41.3 Å². The largest absolute Gasteiger partial charge is 0.481 e. The standard InChI is InChI=1S/C33H31N3O3S/c1-2-5-22-10-15-29(35-20-23-8-11-25(12-9-23)32(39)34-17-16-31(37)38)28(18-22)33-36-30(21-40-33)27-14-13-24-6-3-4-7-26(24)19-27/h3-4,6-15,18-19,21,35H,2,5,16-17,20H2,1H3,(H,34,39)(H,37,38). The SMILES string of the molecule is CCCc1ccc(NCc2ccc(C(=O)NCCC(=O)O)cc2)c(-c2nc(-c3ccc4ccccc4c3)cs2)c1. The Labute approximate surface area is 237 Å². The Hall–Kier alpha value is -4.49. The second-order valence-electron chi connectivity index (χ2n) is 9.68. The van der Waals surface area contributed by atoms with Crippen LogP contribution in [-0.4, -0.2) is 28.5 Å². The van der Waals surface area contributed by atoms with Crippen molar-refractivity contribution in [2.75, 3.05) is 11.9 Å². The molecule has 7 heteroatoms. The maximum atomic E-state index is 12.2. The molecule has 1 aromatic heterocycles. The molecule has 0 fully saturated rings. The lowest BCUT2D eigenvalue weighted by molar-refractivity contribution is -0.136. The maximum Gasteiger partial charge on any atom is 0.305 e. The van der Waals surface area contributed by atoms with Crippen molar-refractivity contribution in [2.45, 2.75) is 32.7 Å². The molecule has 0 unspecified atom stereocenters. The first kappa shape index (κ1) is 27.1. The van der Waals surface area contributed by atoms with E-state index in [2.05, 4.69) is 83.6 Å². The number of carboxylic acids is 1. The van der Waals surface area contributed by atoms with Gasteiger partial charge in [-0.1, -0.05) is 67.9 Å². The number of carbonyl (C=O) groups is 2. The van der Waals surface area contributed by atoms with Crippen molar-refractivity contribution in [3.05, 3.63) is 107 Å². The number of hydrogen-bond donors (Lipinski definition) is 3. The highest BCUT2D eigenvalue weighted by Crippen LogP contribution is 2.35. The molecule has 0 aliphatic carbocycles. The third kappa shape index (κ3) is 6.55. The Morgan fingerprint density at radius 1 is 0.900 bits per heavy atom. The number of fused-ring (bicyclic) bond motifs is 1. The molecule has 5 aromatic rings. The fraction of sp³-hybridized carbons (Fsp3) is 0.182. The number of nitrogens with zero attached hydrogens (tertiary/aromatic N) is 1. The lowest BCUT2D eigenvalue weighted by Gasteiger charge is -2.13. The number of nitrogens with one attached hydrogen (secondary N) is 2. The predicted octanol–water partition coefficient (Wildman–Crippen LogP) is 7.40. The zero-order valence-electron chi connectivity index (χ0n) is 22.3. The summed E-state index contributed by atoms with van der Waals surface area (Å²) in [5.41, 5.74) is 6.97. The Kier molecular flexibility index (Phi) is 8.52. The maximum absolute atomic E-state index is 12.2. The first-order valence-corrected chi connectivity index (χ1v) is 14.3. The summed E-state index contributed by atoms with van der Waals surface area (Å²) in [5.74, 6) is -1.22. The Balaban J connectivity index is 1.33. The third-order valence-electron chi connectivity index (χ3n) is 6.73. The van der Waals surface area contributed by atoms with Crippen LogP contribution in [0.5, 0.6) is 0 Å². The summed E-state index contributed by atoms with van der Waals surface area (Å²) >= 11 is 1.65. The van der Waals surface area contributed by atoms with E-state index in [1.807, 2.05) is 12.1 Å². The van der Waals surface area contributed by atoms with Crippen LogP contribution in [0.15, 0.2) is 90.3 Å². The van der Waals surface area contributed by atoms with Crippen molar-refractivity contribution >= 4 is 39.7 Å². The second kappa shape index (κ2) is 12.6. The summed E-state index contributed by atoms with van der Waals surface area (Å²) in [6, 6.07) is 28.7. The van der Waals surface area contributed by atoms with E-state index in [4.69, 9.17) is 10.1 Å². The molecule has 0 aliphatic heterocycles. The van der Waals surface area contributed by atoms with Gasteiger partial charge in [-0.15, -0.1) is 11.3 Å². The fourth-order valence-electron chi connectivity index (χ4n) is 4.60. The van der Waals surface area contributed by atoms with Crippen molar-refractivity contribution in [1.29, 1.82) is 0 Å². The van der Waals surface area contributed by atoms with Crippen LogP contribution in [0.25, 0.3) is 32.6 Å². The summed E-state index contributed by atoms with van der Waals surface area (Å²) in [7, 11) is 0. The van der Waals surface area contributed by atoms with Crippen molar-refractivity contribution in [3.63, 3.8) is 0 Å². The smallest absolute Gasteiger partial charge is 0.305 e. The van der Waals surface area contributed by atoms with Crippen LogP contribution < -0.4 is 10.6 Å². The van der Waals surface area contributed by atoms with Gasteiger partial charge in [0.25, 0.3) is 5.91 Å². The van der Waals surface area contributed by atoms with Crippen LogP contribution in [-0.2, 0) is 17.8 Å². The normalized spacial score (nSPS) is 10.9. The minimum Gasteiger partial charge on any atom is -0.481 e. The molecule has 0 spiro atoms. The fourth-order valence-corrected chi connectivity index (χ4v) is 5.46. The van der Waals surface area contributed by atoms with Gasteiger partial charge in [0.1, 0.15) is 5.01 Å². The lowest BCUT2D eigenvalue weighted by Crippen LogP contribution is -2.25. The van der Waals surface area contributed by atoms with E-state index < -0.39 is 5.97 Å².